The number of hydrogen-bond donors (Lipinski definition) is 11. The van der Waals surface area contributed by atoms with Gasteiger partial charge in [-0.2, -0.15) is 0 Å². The summed E-state index contributed by atoms with van der Waals surface area (Å²) in [6.45, 7) is -2.11. The summed E-state index contributed by atoms with van der Waals surface area (Å²) in [5, 5.41) is 109. The van der Waals surface area contributed by atoms with Crippen molar-refractivity contribution >= 4 is 0 Å². The monoisotopic (exact) mass is 504 g/mol. The number of rotatable bonds is 7. The number of aliphatic hydroxyl groups is 11. The lowest BCUT2D eigenvalue weighted by Gasteiger charge is -2.46. The molecule has 34 heavy (non-hydrogen) atoms. The zero-order chi connectivity index (χ0) is 25.3. The molecule has 0 spiro atoms. The highest BCUT2D eigenvalue weighted by atomic mass is 16.7. The van der Waals surface area contributed by atoms with Gasteiger partial charge in [-0.15, -0.1) is 0 Å². The molecule has 0 amide bonds. The van der Waals surface area contributed by atoms with E-state index in [9.17, 15) is 56.2 Å². The third-order valence-corrected chi connectivity index (χ3v) is 6.07. The van der Waals surface area contributed by atoms with Crippen LogP contribution in [-0.2, 0) is 23.7 Å². The van der Waals surface area contributed by atoms with Crippen molar-refractivity contribution in [1.29, 1.82) is 0 Å². The second kappa shape index (κ2) is 11.6. The van der Waals surface area contributed by atoms with Crippen molar-refractivity contribution in [2.75, 3.05) is 19.8 Å². The molecule has 3 saturated heterocycles. The molecular formula is C18H32O16. The highest BCUT2D eigenvalue weighted by Crippen LogP contribution is 2.30. The van der Waals surface area contributed by atoms with Gasteiger partial charge in [-0.3, -0.25) is 0 Å². The minimum atomic E-state index is -1.84. The minimum Gasteiger partial charge on any atom is -0.394 e. The van der Waals surface area contributed by atoms with Gasteiger partial charge in [-0.05, 0) is 0 Å². The van der Waals surface area contributed by atoms with Crippen molar-refractivity contribution in [3.05, 3.63) is 0 Å². The van der Waals surface area contributed by atoms with E-state index in [2.05, 4.69) is 0 Å². The van der Waals surface area contributed by atoms with E-state index in [0.717, 1.165) is 0 Å². The first kappa shape index (κ1) is 27.9. The van der Waals surface area contributed by atoms with E-state index in [4.69, 9.17) is 23.7 Å². The predicted octanol–water partition coefficient (Wildman–Crippen LogP) is -7.57. The van der Waals surface area contributed by atoms with Crippen molar-refractivity contribution < 1.29 is 79.9 Å². The maximum absolute atomic E-state index is 10.7. The molecule has 3 aliphatic heterocycles. The predicted molar refractivity (Wildman–Crippen MR) is 101 cm³/mol. The van der Waals surface area contributed by atoms with Crippen LogP contribution in [0.3, 0.4) is 0 Å². The van der Waals surface area contributed by atoms with E-state index in [1.54, 1.807) is 0 Å². The Kier molecular flexibility index (Phi) is 9.54. The summed E-state index contributed by atoms with van der Waals surface area (Å²) >= 11 is 0. The average Bonchev–Trinajstić information content (AvgIpc) is 2.82. The lowest BCUT2D eigenvalue weighted by Crippen LogP contribution is -2.65. The van der Waals surface area contributed by atoms with Crippen molar-refractivity contribution in [2.24, 2.45) is 0 Å². The number of hydrogen-bond acceptors (Lipinski definition) is 16. The normalized spacial score (nSPS) is 52.5. The topological polar surface area (TPSA) is 269 Å². The quantitative estimate of drug-likeness (QED) is 0.154. The van der Waals surface area contributed by atoms with Gasteiger partial charge in [0.25, 0.3) is 0 Å². The molecule has 0 bridgehead atoms. The Morgan fingerprint density at radius 1 is 0.500 bits per heavy atom. The third-order valence-electron chi connectivity index (χ3n) is 6.07. The lowest BCUT2D eigenvalue weighted by atomic mass is 9.97. The molecule has 16 nitrogen and oxygen atoms in total. The van der Waals surface area contributed by atoms with Gasteiger partial charge in [-0.25, -0.2) is 0 Å². The molecular weight excluding hydrogens is 472 g/mol. The summed E-state index contributed by atoms with van der Waals surface area (Å²) in [6, 6.07) is 0. The first-order valence-corrected chi connectivity index (χ1v) is 10.6. The van der Waals surface area contributed by atoms with Gasteiger partial charge in [0.1, 0.15) is 73.2 Å². The molecule has 0 unspecified atom stereocenters. The molecule has 0 saturated carbocycles. The van der Waals surface area contributed by atoms with Crippen LogP contribution in [0.15, 0.2) is 0 Å². The maximum atomic E-state index is 10.7. The molecule has 3 rings (SSSR count). The van der Waals surface area contributed by atoms with Crippen LogP contribution in [0.2, 0.25) is 0 Å². The number of aliphatic hydroxyl groups excluding tert-OH is 11. The molecule has 15 atom stereocenters. The van der Waals surface area contributed by atoms with Crippen LogP contribution >= 0.6 is 0 Å². The molecule has 0 aromatic rings. The fourth-order valence-corrected chi connectivity index (χ4v) is 3.94. The zero-order valence-corrected chi connectivity index (χ0v) is 17.7. The van der Waals surface area contributed by atoms with Crippen LogP contribution in [0.4, 0.5) is 0 Å². The van der Waals surface area contributed by atoms with Gasteiger partial charge in [0.2, 0.25) is 0 Å². The zero-order valence-electron chi connectivity index (χ0n) is 17.7. The molecule has 3 aliphatic rings. The Hall–Kier alpha value is -0.640. The summed E-state index contributed by atoms with van der Waals surface area (Å²) < 4.78 is 26.2. The van der Waals surface area contributed by atoms with Crippen molar-refractivity contribution in [3.8, 4) is 0 Å². The van der Waals surface area contributed by atoms with Crippen molar-refractivity contribution in [2.45, 2.75) is 92.1 Å². The Morgan fingerprint density at radius 3 is 1.65 bits per heavy atom. The summed E-state index contributed by atoms with van der Waals surface area (Å²) in [5.74, 6) is 0. The van der Waals surface area contributed by atoms with E-state index in [1.165, 1.54) is 0 Å². The van der Waals surface area contributed by atoms with Crippen LogP contribution < -0.4 is 0 Å². The Morgan fingerprint density at radius 2 is 1.03 bits per heavy atom. The van der Waals surface area contributed by atoms with Gasteiger partial charge >= 0.3 is 0 Å². The average molecular weight is 504 g/mol. The smallest absolute Gasteiger partial charge is 0.187 e. The summed E-state index contributed by atoms with van der Waals surface area (Å²) in [6.07, 6.45) is -24.9. The molecule has 0 aromatic carbocycles. The van der Waals surface area contributed by atoms with Crippen LogP contribution in [0.5, 0.6) is 0 Å². The molecule has 0 radical (unpaired) electrons. The fourth-order valence-electron chi connectivity index (χ4n) is 3.94. The highest BCUT2D eigenvalue weighted by molar-refractivity contribution is 4.94. The summed E-state index contributed by atoms with van der Waals surface area (Å²) in [5.41, 5.74) is 0. The number of ether oxygens (including phenoxy) is 5. The molecule has 0 aromatic heterocycles. The first-order chi connectivity index (χ1) is 16.0. The van der Waals surface area contributed by atoms with Crippen LogP contribution in [0, 0.1) is 0 Å². The largest absolute Gasteiger partial charge is 0.394 e. The maximum Gasteiger partial charge on any atom is 0.187 e. The fraction of sp³-hybridized carbons (Fsp3) is 1.00. The van der Waals surface area contributed by atoms with Gasteiger partial charge in [0.15, 0.2) is 18.9 Å². The third kappa shape index (κ3) is 5.52. The van der Waals surface area contributed by atoms with Gasteiger partial charge < -0.3 is 79.9 Å². The van der Waals surface area contributed by atoms with E-state index in [-0.39, 0.29) is 0 Å². The molecule has 3 heterocycles. The Balaban J connectivity index is 1.68. The first-order valence-electron chi connectivity index (χ1n) is 10.6. The van der Waals surface area contributed by atoms with Crippen LogP contribution in [0.25, 0.3) is 0 Å². The Bertz CT molecular complexity index is 639. The molecule has 0 aliphatic carbocycles. The Labute approximate surface area is 192 Å². The molecule has 3 fully saturated rings. The van der Waals surface area contributed by atoms with E-state index in [0.29, 0.717) is 0 Å². The SMILES string of the molecule is OC[C@H]1O[C@@H](O[C@H]2[C@@H](O)[C@@H](CO)O[C@@H](OC[C@H]3O[C@@H](O)[C@H](O)[C@@H](O)[C@H]3O)[C@@H]2O)[C@H](O)[C@@H](O)[C@H]1O. The summed E-state index contributed by atoms with van der Waals surface area (Å²) in [7, 11) is 0. The minimum absolute atomic E-state index is 0.593. The van der Waals surface area contributed by atoms with Gasteiger partial charge in [0, 0.05) is 0 Å². The molecule has 16 heteroatoms. The van der Waals surface area contributed by atoms with Gasteiger partial charge in [0.05, 0.1) is 19.8 Å². The highest BCUT2D eigenvalue weighted by Gasteiger charge is 2.51. The van der Waals surface area contributed by atoms with Gasteiger partial charge in [-0.1, -0.05) is 0 Å². The molecule has 11 N–H and O–H groups in total. The van der Waals surface area contributed by atoms with Crippen molar-refractivity contribution in [3.63, 3.8) is 0 Å². The lowest BCUT2D eigenvalue weighted by molar-refractivity contribution is -0.364. The van der Waals surface area contributed by atoms with E-state index < -0.39 is 112 Å². The van der Waals surface area contributed by atoms with E-state index >= 15 is 0 Å². The summed E-state index contributed by atoms with van der Waals surface area (Å²) in [4.78, 5) is 0. The standard InChI is InChI=1S/C18H32O16/c19-1-4-7(21)11(25)13(27)18(33-4)34-15-9(23)5(2-20)32-17(14(15)28)30-3-6-8(22)10(24)12(26)16(29)31-6/h4-29H,1-3H2/t4-,5-,6-,7+,8+,9+,10+,11+,12-,13-,14-,15+,16-,17-,18+/m1/s1. The second-order valence-corrected chi connectivity index (χ2v) is 8.37. The van der Waals surface area contributed by atoms with Crippen LogP contribution in [-0.4, -0.2) is 168 Å². The van der Waals surface area contributed by atoms with Crippen molar-refractivity contribution in [1.82, 2.24) is 0 Å². The van der Waals surface area contributed by atoms with Crippen LogP contribution in [0.1, 0.15) is 0 Å². The second-order valence-electron chi connectivity index (χ2n) is 8.37. The van der Waals surface area contributed by atoms with E-state index in [1.807, 2.05) is 0 Å². The molecule has 200 valence electrons.